The van der Waals surface area contributed by atoms with Crippen LogP contribution in [0.4, 0.5) is 0 Å². The summed E-state index contributed by atoms with van der Waals surface area (Å²) in [6.07, 6.45) is 7.47. The lowest BCUT2D eigenvalue weighted by molar-refractivity contribution is 0.401. The van der Waals surface area contributed by atoms with Crippen LogP contribution in [0.25, 0.3) is 10.1 Å². The van der Waals surface area contributed by atoms with Crippen molar-refractivity contribution in [2.24, 2.45) is 0 Å². The van der Waals surface area contributed by atoms with Crippen LogP contribution >= 0.6 is 11.3 Å². The molecule has 0 fully saturated rings. The molecule has 28 heavy (non-hydrogen) atoms. The van der Waals surface area contributed by atoms with E-state index in [1.54, 1.807) is 13.3 Å². The number of ether oxygens (including phenoxy) is 1. The van der Waals surface area contributed by atoms with E-state index < -0.39 is 0 Å². The number of fused-ring (bicyclic) bond motifs is 2. The number of aromatic nitrogens is 1. The highest BCUT2D eigenvalue weighted by Gasteiger charge is 2.22. The molecule has 0 bridgehead atoms. The van der Waals surface area contributed by atoms with E-state index in [0.29, 0.717) is 5.92 Å². The second-order valence-electron chi connectivity index (χ2n) is 7.40. The van der Waals surface area contributed by atoms with E-state index in [1.165, 1.54) is 40.9 Å². The lowest BCUT2D eigenvalue weighted by Gasteiger charge is -2.27. The van der Waals surface area contributed by atoms with Crippen LogP contribution in [-0.4, -0.2) is 25.2 Å². The Morgan fingerprint density at radius 1 is 1.25 bits per heavy atom. The molecule has 0 amide bonds. The topological polar surface area (TPSA) is 51.2 Å². The molecule has 1 atom stereocenters. The Kier molecular flexibility index (Phi) is 6.03. The van der Waals surface area contributed by atoms with E-state index in [1.807, 2.05) is 6.07 Å². The molecule has 0 radical (unpaired) electrons. The Balaban J connectivity index is 1.29. The predicted molar refractivity (Wildman–Crippen MR) is 116 cm³/mol. The number of hydrogen-bond acceptors (Lipinski definition) is 5. The zero-order valence-electron chi connectivity index (χ0n) is 16.2. The fourth-order valence-electron chi connectivity index (χ4n) is 4.23. The van der Waals surface area contributed by atoms with Gasteiger partial charge in [0.25, 0.3) is 0 Å². The molecule has 4 rings (SSSR count). The van der Waals surface area contributed by atoms with Crippen molar-refractivity contribution in [1.29, 1.82) is 0 Å². The number of nitrogens with zero attached hydrogens (tertiary/aromatic N) is 1. The smallest absolute Gasteiger partial charge is 0.326 e. The van der Waals surface area contributed by atoms with Gasteiger partial charge in [-0.2, -0.15) is 0 Å². The normalized spacial score (nSPS) is 16.1. The first kappa shape index (κ1) is 19.1. The average Bonchev–Trinajstić information content (AvgIpc) is 2.73. The lowest BCUT2D eigenvalue weighted by Crippen LogP contribution is -2.22. The fourth-order valence-corrected chi connectivity index (χ4v) is 4.89. The van der Waals surface area contributed by atoms with Crippen molar-refractivity contribution < 1.29 is 4.74 Å². The van der Waals surface area contributed by atoms with E-state index >= 15 is 0 Å². The number of benzene rings is 2. The highest BCUT2D eigenvalue weighted by atomic mass is 32.1. The van der Waals surface area contributed by atoms with Crippen molar-refractivity contribution in [1.82, 2.24) is 10.3 Å². The summed E-state index contributed by atoms with van der Waals surface area (Å²) in [5.41, 5.74) is 4.17. The molecule has 1 aromatic heterocycles. The van der Waals surface area contributed by atoms with Gasteiger partial charge in [0.2, 0.25) is 0 Å². The van der Waals surface area contributed by atoms with Gasteiger partial charge in [0.1, 0.15) is 5.75 Å². The minimum atomic E-state index is -0.135. The van der Waals surface area contributed by atoms with Crippen molar-refractivity contribution in [2.45, 2.75) is 38.0 Å². The molecular weight excluding hydrogens is 368 g/mol. The lowest BCUT2D eigenvalue weighted by atomic mass is 9.80. The fraction of sp³-hybridized carbons (Fsp3) is 0.391. The van der Waals surface area contributed by atoms with Crippen LogP contribution in [0.5, 0.6) is 5.75 Å². The summed E-state index contributed by atoms with van der Waals surface area (Å²) in [5, 5.41) is 4.65. The van der Waals surface area contributed by atoms with Gasteiger partial charge in [0.05, 0.1) is 7.11 Å². The molecular formula is C23H26N2O2S. The minimum absolute atomic E-state index is 0.135. The van der Waals surface area contributed by atoms with Crippen LogP contribution in [0.3, 0.4) is 0 Å². The summed E-state index contributed by atoms with van der Waals surface area (Å²) in [4.78, 5) is 15.1. The highest BCUT2D eigenvalue weighted by Crippen LogP contribution is 2.38. The summed E-state index contributed by atoms with van der Waals surface area (Å²) in [6.45, 7) is 1.98. The quantitative estimate of drug-likeness (QED) is 0.607. The molecule has 1 aliphatic rings. The van der Waals surface area contributed by atoms with Crippen LogP contribution in [0.15, 0.2) is 47.4 Å². The first-order valence-corrected chi connectivity index (χ1v) is 10.8. The van der Waals surface area contributed by atoms with Crippen LogP contribution in [0.2, 0.25) is 0 Å². The molecule has 0 aliphatic heterocycles. The zero-order valence-corrected chi connectivity index (χ0v) is 17.1. The van der Waals surface area contributed by atoms with E-state index in [4.69, 9.17) is 4.74 Å². The van der Waals surface area contributed by atoms with Gasteiger partial charge in [-0.05, 0) is 86.0 Å². The average molecular weight is 395 g/mol. The molecule has 1 heterocycles. The third-order valence-corrected chi connectivity index (χ3v) is 6.52. The standard InChI is InChI=1S/C23H26N2O2S/c1-27-21-7-3-5-19-17(4-2-6-20(19)21)11-13-24-12-10-16-8-9-22-18(14-16)15-25-23(26)28-22/h3,5,7-9,14-15,17,24H,2,4,6,10-13H2,1H3. The largest absolute Gasteiger partial charge is 0.496 e. The highest BCUT2D eigenvalue weighted by molar-refractivity contribution is 7.15. The molecule has 3 aromatic rings. The predicted octanol–water partition coefficient (Wildman–Crippen LogP) is 4.31. The third-order valence-electron chi connectivity index (χ3n) is 5.65. The second-order valence-corrected chi connectivity index (χ2v) is 8.40. The van der Waals surface area contributed by atoms with E-state index in [0.717, 1.165) is 48.2 Å². The molecule has 146 valence electrons. The summed E-state index contributed by atoms with van der Waals surface area (Å²) >= 11 is 1.20. The number of hydrogen-bond donors (Lipinski definition) is 1. The van der Waals surface area contributed by atoms with E-state index in [-0.39, 0.29) is 4.87 Å². The molecule has 0 spiro atoms. The van der Waals surface area contributed by atoms with Crippen molar-refractivity contribution >= 4 is 21.4 Å². The molecule has 4 nitrogen and oxygen atoms in total. The van der Waals surface area contributed by atoms with Crippen molar-refractivity contribution in [3.05, 3.63) is 69.0 Å². The zero-order chi connectivity index (χ0) is 19.3. The molecule has 2 aromatic carbocycles. The van der Waals surface area contributed by atoms with Gasteiger partial charge in [0, 0.05) is 16.3 Å². The van der Waals surface area contributed by atoms with Crippen molar-refractivity contribution in [3.8, 4) is 5.75 Å². The van der Waals surface area contributed by atoms with E-state index in [2.05, 4.69) is 40.6 Å². The number of methoxy groups -OCH3 is 1. The summed E-state index contributed by atoms with van der Waals surface area (Å²) < 4.78 is 6.56. The van der Waals surface area contributed by atoms with Gasteiger partial charge >= 0.3 is 4.87 Å². The van der Waals surface area contributed by atoms with E-state index in [9.17, 15) is 4.79 Å². The summed E-state index contributed by atoms with van der Waals surface area (Å²) in [5.74, 6) is 1.67. The van der Waals surface area contributed by atoms with Crippen molar-refractivity contribution in [3.63, 3.8) is 0 Å². The molecule has 1 unspecified atom stereocenters. The Hall–Kier alpha value is -2.24. The maximum atomic E-state index is 11.3. The first-order chi connectivity index (χ1) is 13.7. The molecule has 0 saturated heterocycles. The Morgan fingerprint density at radius 3 is 3.07 bits per heavy atom. The van der Waals surface area contributed by atoms with Crippen LogP contribution in [-0.2, 0) is 12.8 Å². The third kappa shape index (κ3) is 4.26. The minimum Gasteiger partial charge on any atom is -0.496 e. The first-order valence-electron chi connectivity index (χ1n) is 10.00. The van der Waals surface area contributed by atoms with Crippen molar-refractivity contribution in [2.75, 3.05) is 20.2 Å². The van der Waals surface area contributed by atoms with Crippen LogP contribution in [0, 0.1) is 0 Å². The Morgan fingerprint density at radius 2 is 2.18 bits per heavy atom. The molecule has 5 heteroatoms. The van der Waals surface area contributed by atoms with Gasteiger partial charge in [-0.25, -0.2) is 4.98 Å². The maximum Gasteiger partial charge on any atom is 0.326 e. The number of nitrogens with one attached hydrogen (secondary N) is 1. The van der Waals surface area contributed by atoms with Gasteiger partial charge in [-0.15, -0.1) is 0 Å². The van der Waals surface area contributed by atoms with Crippen LogP contribution in [0.1, 0.15) is 41.9 Å². The van der Waals surface area contributed by atoms with Gasteiger partial charge in [0.15, 0.2) is 0 Å². The summed E-state index contributed by atoms with van der Waals surface area (Å²) in [6, 6.07) is 12.8. The monoisotopic (exact) mass is 394 g/mol. The van der Waals surface area contributed by atoms with Gasteiger partial charge < -0.3 is 10.1 Å². The second kappa shape index (κ2) is 8.84. The maximum absolute atomic E-state index is 11.3. The molecule has 1 N–H and O–H groups in total. The summed E-state index contributed by atoms with van der Waals surface area (Å²) in [7, 11) is 1.77. The SMILES string of the molecule is COc1cccc2c1CCCC2CCNCCc1ccc2sc(=O)ncc2c1. The van der Waals surface area contributed by atoms with Gasteiger partial charge in [-0.3, -0.25) is 4.79 Å². The Labute approximate surface area is 169 Å². The Bertz CT molecular complexity index is 1010. The number of rotatable bonds is 7. The van der Waals surface area contributed by atoms with Gasteiger partial charge in [-0.1, -0.05) is 29.5 Å². The molecule has 1 aliphatic carbocycles. The molecule has 0 saturated carbocycles. The van der Waals surface area contributed by atoms with Crippen LogP contribution < -0.4 is 14.9 Å².